The van der Waals surface area contributed by atoms with Crippen molar-refractivity contribution in [2.45, 2.75) is 38.6 Å². The highest BCUT2D eigenvalue weighted by molar-refractivity contribution is 5.95. The summed E-state index contributed by atoms with van der Waals surface area (Å²) in [6.07, 6.45) is -0.124. The number of fused-ring (bicyclic) bond motifs is 1. The van der Waals surface area contributed by atoms with Crippen LogP contribution in [0.15, 0.2) is 48.5 Å². The van der Waals surface area contributed by atoms with Crippen molar-refractivity contribution < 1.29 is 19.0 Å². The zero-order valence-electron chi connectivity index (χ0n) is 15.1. The molecule has 0 radical (unpaired) electrons. The van der Waals surface area contributed by atoms with Crippen LogP contribution in [0.3, 0.4) is 0 Å². The van der Waals surface area contributed by atoms with Gasteiger partial charge in [0.25, 0.3) is 5.91 Å². The molecule has 0 aliphatic carbocycles. The largest absolute Gasteiger partial charge is 0.467 e. The number of carbonyl (C=O) groups excluding carboxylic acids is 1. The second-order valence-electron chi connectivity index (χ2n) is 6.90. The van der Waals surface area contributed by atoms with Crippen molar-refractivity contribution in [3.8, 4) is 5.75 Å². The number of nitrogens with zero attached hydrogens (tertiary/aromatic N) is 1. The van der Waals surface area contributed by atoms with Gasteiger partial charge in [-0.15, -0.1) is 0 Å². The standard InChI is InChI=1S/C21H23NO4/c1-14-11-25-20(16-6-4-3-5-7-16)15(2)22(14)21(23)17-8-9-19-18(10-17)12-24-13-26-19/h3-10,14-15,20H,11-13H2,1-2H3. The van der Waals surface area contributed by atoms with Crippen LogP contribution in [0.4, 0.5) is 0 Å². The Morgan fingerprint density at radius 3 is 2.73 bits per heavy atom. The van der Waals surface area contributed by atoms with Crippen LogP contribution in [0.5, 0.6) is 5.75 Å². The Bertz CT molecular complexity index is 792. The summed E-state index contributed by atoms with van der Waals surface area (Å²) in [5.41, 5.74) is 2.66. The summed E-state index contributed by atoms with van der Waals surface area (Å²) in [6, 6.07) is 15.6. The number of carbonyl (C=O) groups is 1. The van der Waals surface area contributed by atoms with Gasteiger partial charge in [-0.2, -0.15) is 0 Å². The zero-order chi connectivity index (χ0) is 18.1. The summed E-state index contributed by atoms with van der Waals surface area (Å²) in [4.78, 5) is 15.2. The van der Waals surface area contributed by atoms with Crippen molar-refractivity contribution >= 4 is 5.91 Å². The maximum atomic E-state index is 13.3. The van der Waals surface area contributed by atoms with Gasteiger partial charge >= 0.3 is 0 Å². The summed E-state index contributed by atoms with van der Waals surface area (Å²) in [5.74, 6) is 0.806. The van der Waals surface area contributed by atoms with Crippen LogP contribution in [-0.4, -0.2) is 36.3 Å². The van der Waals surface area contributed by atoms with Gasteiger partial charge in [0.15, 0.2) is 6.79 Å². The molecule has 1 fully saturated rings. The Morgan fingerprint density at radius 1 is 1.12 bits per heavy atom. The van der Waals surface area contributed by atoms with Crippen molar-refractivity contribution in [2.24, 2.45) is 0 Å². The number of hydrogen-bond donors (Lipinski definition) is 0. The predicted octanol–water partition coefficient (Wildman–Crippen LogP) is 3.54. The van der Waals surface area contributed by atoms with Crippen LogP contribution in [0.2, 0.25) is 0 Å². The van der Waals surface area contributed by atoms with E-state index in [1.807, 2.05) is 60.4 Å². The fourth-order valence-corrected chi connectivity index (χ4v) is 3.78. The first-order chi connectivity index (χ1) is 12.6. The number of benzene rings is 2. The highest BCUT2D eigenvalue weighted by atomic mass is 16.7. The van der Waals surface area contributed by atoms with Crippen LogP contribution in [-0.2, 0) is 16.1 Å². The van der Waals surface area contributed by atoms with Gasteiger partial charge in [-0.05, 0) is 37.6 Å². The van der Waals surface area contributed by atoms with Crippen LogP contribution in [0, 0.1) is 0 Å². The summed E-state index contributed by atoms with van der Waals surface area (Å²) in [6.45, 7) is 5.33. The van der Waals surface area contributed by atoms with Gasteiger partial charge in [0.1, 0.15) is 11.9 Å². The molecule has 0 bridgehead atoms. The minimum absolute atomic E-state index is 0.0148. The monoisotopic (exact) mass is 353 g/mol. The fraction of sp³-hybridized carbons (Fsp3) is 0.381. The Kier molecular flexibility index (Phi) is 4.66. The van der Waals surface area contributed by atoms with E-state index in [1.165, 1.54) is 0 Å². The smallest absolute Gasteiger partial charge is 0.254 e. The molecular formula is C21H23NO4. The molecule has 1 saturated heterocycles. The third-order valence-electron chi connectivity index (χ3n) is 5.09. The second kappa shape index (κ2) is 7.09. The van der Waals surface area contributed by atoms with Gasteiger partial charge in [-0.3, -0.25) is 4.79 Å². The minimum atomic E-state index is -0.124. The lowest BCUT2D eigenvalue weighted by molar-refractivity contribution is -0.0806. The maximum absolute atomic E-state index is 13.3. The Morgan fingerprint density at radius 2 is 1.92 bits per heavy atom. The summed E-state index contributed by atoms with van der Waals surface area (Å²) in [5, 5.41) is 0. The number of morpholine rings is 1. The number of rotatable bonds is 2. The van der Waals surface area contributed by atoms with E-state index < -0.39 is 0 Å². The first-order valence-corrected chi connectivity index (χ1v) is 8.98. The Balaban J connectivity index is 1.61. The fourth-order valence-electron chi connectivity index (χ4n) is 3.78. The third kappa shape index (κ3) is 3.08. The van der Waals surface area contributed by atoms with Crippen LogP contribution < -0.4 is 4.74 Å². The molecule has 2 aromatic rings. The van der Waals surface area contributed by atoms with Gasteiger partial charge in [-0.1, -0.05) is 30.3 Å². The Hall–Kier alpha value is -2.37. The minimum Gasteiger partial charge on any atom is -0.467 e. The molecule has 0 N–H and O–H groups in total. The SMILES string of the molecule is CC1COC(c2ccccc2)C(C)N1C(=O)c1ccc2c(c1)COCO2. The van der Waals surface area contributed by atoms with E-state index in [4.69, 9.17) is 14.2 Å². The zero-order valence-corrected chi connectivity index (χ0v) is 15.1. The van der Waals surface area contributed by atoms with Crippen molar-refractivity contribution in [1.29, 1.82) is 0 Å². The molecule has 2 aromatic carbocycles. The average Bonchev–Trinajstić information content (AvgIpc) is 2.68. The first kappa shape index (κ1) is 17.1. The first-order valence-electron chi connectivity index (χ1n) is 8.98. The molecule has 4 rings (SSSR count). The van der Waals surface area contributed by atoms with E-state index in [9.17, 15) is 4.79 Å². The van der Waals surface area contributed by atoms with Crippen molar-refractivity contribution in [3.63, 3.8) is 0 Å². The lowest BCUT2D eigenvalue weighted by Crippen LogP contribution is -2.53. The van der Waals surface area contributed by atoms with Gasteiger partial charge in [0.2, 0.25) is 0 Å². The summed E-state index contributed by atoms with van der Waals surface area (Å²) >= 11 is 0. The molecule has 26 heavy (non-hydrogen) atoms. The second-order valence-corrected chi connectivity index (χ2v) is 6.90. The van der Waals surface area contributed by atoms with E-state index in [2.05, 4.69) is 6.92 Å². The molecule has 2 heterocycles. The van der Waals surface area contributed by atoms with E-state index in [1.54, 1.807) is 0 Å². The van der Waals surface area contributed by atoms with E-state index >= 15 is 0 Å². The average molecular weight is 353 g/mol. The highest BCUT2D eigenvalue weighted by Crippen LogP contribution is 2.33. The van der Waals surface area contributed by atoms with Crippen molar-refractivity contribution in [1.82, 2.24) is 4.90 Å². The highest BCUT2D eigenvalue weighted by Gasteiger charge is 2.37. The normalized spacial score (nSPS) is 25.3. The molecule has 0 aromatic heterocycles. The number of amides is 1. The molecule has 5 heteroatoms. The molecule has 3 atom stereocenters. The molecule has 2 aliphatic heterocycles. The maximum Gasteiger partial charge on any atom is 0.254 e. The molecule has 2 aliphatic rings. The van der Waals surface area contributed by atoms with Crippen LogP contribution in [0.1, 0.15) is 41.4 Å². The summed E-state index contributed by atoms with van der Waals surface area (Å²) < 4.78 is 16.8. The summed E-state index contributed by atoms with van der Waals surface area (Å²) in [7, 11) is 0. The lowest BCUT2D eigenvalue weighted by atomic mass is 9.97. The van der Waals surface area contributed by atoms with Gasteiger partial charge in [0.05, 0.1) is 25.3 Å². The van der Waals surface area contributed by atoms with Gasteiger partial charge < -0.3 is 19.1 Å². The van der Waals surface area contributed by atoms with Gasteiger partial charge in [0, 0.05) is 11.1 Å². The van der Waals surface area contributed by atoms with E-state index in [0.29, 0.717) is 18.8 Å². The number of hydrogen-bond acceptors (Lipinski definition) is 4. The molecule has 3 unspecified atom stereocenters. The third-order valence-corrected chi connectivity index (χ3v) is 5.09. The lowest BCUT2D eigenvalue weighted by Gasteiger charge is -2.44. The molecule has 136 valence electrons. The predicted molar refractivity (Wildman–Crippen MR) is 97.0 cm³/mol. The molecular weight excluding hydrogens is 330 g/mol. The molecule has 0 spiro atoms. The van der Waals surface area contributed by atoms with E-state index in [0.717, 1.165) is 16.9 Å². The topological polar surface area (TPSA) is 48.0 Å². The van der Waals surface area contributed by atoms with Crippen molar-refractivity contribution in [2.75, 3.05) is 13.4 Å². The number of ether oxygens (including phenoxy) is 3. The quantitative estimate of drug-likeness (QED) is 0.828. The van der Waals surface area contributed by atoms with Crippen molar-refractivity contribution in [3.05, 3.63) is 65.2 Å². The molecule has 1 amide bonds. The van der Waals surface area contributed by atoms with E-state index in [-0.39, 0.29) is 30.9 Å². The molecule has 0 saturated carbocycles. The van der Waals surface area contributed by atoms with Crippen LogP contribution >= 0.6 is 0 Å². The Labute approximate surface area is 153 Å². The molecule has 5 nitrogen and oxygen atoms in total. The van der Waals surface area contributed by atoms with Crippen LogP contribution in [0.25, 0.3) is 0 Å². The van der Waals surface area contributed by atoms with Gasteiger partial charge in [-0.25, -0.2) is 0 Å².